The van der Waals surface area contributed by atoms with Gasteiger partial charge in [-0.05, 0) is 83.5 Å². The zero-order chi connectivity index (χ0) is 41.7. The van der Waals surface area contributed by atoms with Gasteiger partial charge in [-0.3, -0.25) is 9.59 Å². The van der Waals surface area contributed by atoms with Gasteiger partial charge in [-0.25, -0.2) is 0 Å². The summed E-state index contributed by atoms with van der Waals surface area (Å²) in [6.45, 7) is 6.30. The monoisotopic (exact) mass is 798 g/mol. The molecular formula is C51H91NO5. The lowest BCUT2D eigenvalue weighted by molar-refractivity contribution is -0.151. The van der Waals surface area contributed by atoms with Crippen LogP contribution in [0.25, 0.3) is 0 Å². The molecule has 0 heterocycles. The van der Waals surface area contributed by atoms with Crippen molar-refractivity contribution in [3.05, 3.63) is 60.8 Å². The number of esters is 1. The number of carbonyl (C=O) groups is 2. The van der Waals surface area contributed by atoms with Crippen LogP contribution in [0.1, 0.15) is 226 Å². The third kappa shape index (κ3) is 40.1. The number of nitrogens with one attached hydrogen (secondary N) is 1. The van der Waals surface area contributed by atoms with Crippen molar-refractivity contribution in [1.29, 1.82) is 0 Å². The highest BCUT2D eigenvalue weighted by atomic mass is 16.5. The molecule has 0 aliphatic rings. The first-order chi connectivity index (χ1) is 28.0. The average molecular weight is 798 g/mol. The fourth-order valence-electron chi connectivity index (χ4n) is 6.93. The number of hydrogen-bond donors (Lipinski definition) is 3. The minimum atomic E-state index is -0.797. The van der Waals surface area contributed by atoms with Crippen LogP contribution in [0.5, 0.6) is 0 Å². The number of allylic oxidation sites excluding steroid dienone is 10. The Kier molecular flexibility index (Phi) is 42.7. The average Bonchev–Trinajstić information content (AvgIpc) is 3.20. The van der Waals surface area contributed by atoms with Crippen LogP contribution in [0.4, 0.5) is 0 Å². The van der Waals surface area contributed by atoms with E-state index in [4.69, 9.17) is 4.74 Å². The predicted octanol–water partition coefficient (Wildman–Crippen LogP) is 14.1. The van der Waals surface area contributed by atoms with E-state index in [1.54, 1.807) is 0 Å². The van der Waals surface area contributed by atoms with E-state index >= 15 is 0 Å². The fourth-order valence-corrected chi connectivity index (χ4v) is 6.93. The molecular weight excluding hydrogens is 707 g/mol. The van der Waals surface area contributed by atoms with Crippen molar-refractivity contribution in [2.75, 3.05) is 6.61 Å². The highest BCUT2D eigenvalue weighted by Crippen LogP contribution is 2.17. The maximum Gasteiger partial charge on any atom is 0.306 e. The van der Waals surface area contributed by atoms with E-state index in [0.29, 0.717) is 19.3 Å². The molecule has 6 heteroatoms. The molecule has 6 nitrogen and oxygen atoms in total. The molecule has 330 valence electrons. The molecule has 0 bridgehead atoms. The molecule has 0 aliphatic heterocycles. The molecule has 0 aromatic rings. The lowest BCUT2D eigenvalue weighted by Gasteiger charge is -2.24. The SMILES string of the molecule is CC/C=C/C/C=C/C/C=C/C/C=C/CCCCCC(=O)OC(CCCCC/C=C\CCCC)CC(=O)NC(CO)C(O)CCCCCCCCCCCCCCC. The van der Waals surface area contributed by atoms with Gasteiger partial charge in [0.2, 0.25) is 5.91 Å². The Morgan fingerprint density at radius 2 is 0.965 bits per heavy atom. The van der Waals surface area contributed by atoms with E-state index in [-0.39, 0.29) is 24.9 Å². The Balaban J connectivity index is 4.56. The van der Waals surface area contributed by atoms with Gasteiger partial charge in [-0.2, -0.15) is 0 Å². The van der Waals surface area contributed by atoms with Crippen molar-refractivity contribution in [1.82, 2.24) is 5.32 Å². The zero-order valence-electron chi connectivity index (χ0n) is 37.5. The summed E-state index contributed by atoms with van der Waals surface area (Å²) in [5, 5.41) is 23.7. The van der Waals surface area contributed by atoms with Crippen LogP contribution in [0.15, 0.2) is 60.8 Å². The Morgan fingerprint density at radius 3 is 1.51 bits per heavy atom. The van der Waals surface area contributed by atoms with Crippen molar-refractivity contribution in [2.45, 2.75) is 244 Å². The second kappa shape index (κ2) is 44.7. The minimum absolute atomic E-state index is 0.0520. The van der Waals surface area contributed by atoms with E-state index in [1.807, 2.05) is 0 Å². The summed E-state index contributed by atoms with van der Waals surface area (Å²) in [6.07, 6.45) is 54.3. The molecule has 3 unspecified atom stereocenters. The Bertz CT molecular complexity index is 1030. The minimum Gasteiger partial charge on any atom is -0.462 e. The van der Waals surface area contributed by atoms with E-state index in [0.717, 1.165) is 103 Å². The topological polar surface area (TPSA) is 95.9 Å². The number of unbranched alkanes of at least 4 members (excludes halogenated alkanes) is 20. The maximum atomic E-state index is 13.1. The molecule has 0 rings (SSSR count). The number of ether oxygens (including phenoxy) is 1. The molecule has 3 N–H and O–H groups in total. The summed E-state index contributed by atoms with van der Waals surface area (Å²) >= 11 is 0. The molecule has 3 atom stereocenters. The number of carbonyl (C=O) groups excluding carboxylic acids is 2. The fraction of sp³-hybridized carbons (Fsp3) is 0.765. The summed E-state index contributed by atoms with van der Waals surface area (Å²) < 4.78 is 5.88. The Morgan fingerprint density at radius 1 is 0.526 bits per heavy atom. The molecule has 0 aromatic heterocycles. The van der Waals surface area contributed by atoms with Crippen molar-refractivity contribution in [3.8, 4) is 0 Å². The smallest absolute Gasteiger partial charge is 0.306 e. The zero-order valence-corrected chi connectivity index (χ0v) is 37.5. The van der Waals surface area contributed by atoms with Crippen molar-refractivity contribution in [2.24, 2.45) is 0 Å². The first kappa shape index (κ1) is 54.6. The summed E-state index contributed by atoms with van der Waals surface area (Å²) in [5.41, 5.74) is 0. The number of aliphatic hydroxyl groups excluding tert-OH is 2. The summed E-state index contributed by atoms with van der Waals surface area (Å²) in [4.78, 5) is 26.0. The molecule has 57 heavy (non-hydrogen) atoms. The van der Waals surface area contributed by atoms with Gasteiger partial charge in [0.15, 0.2) is 0 Å². The van der Waals surface area contributed by atoms with Crippen molar-refractivity contribution in [3.63, 3.8) is 0 Å². The number of hydrogen-bond acceptors (Lipinski definition) is 5. The second-order valence-electron chi connectivity index (χ2n) is 16.1. The van der Waals surface area contributed by atoms with Gasteiger partial charge in [0.25, 0.3) is 0 Å². The molecule has 0 saturated heterocycles. The van der Waals surface area contributed by atoms with Crippen LogP contribution in [-0.2, 0) is 14.3 Å². The molecule has 0 aliphatic carbocycles. The molecule has 1 amide bonds. The van der Waals surface area contributed by atoms with Crippen LogP contribution >= 0.6 is 0 Å². The third-order valence-corrected chi connectivity index (χ3v) is 10.6. The number of amides is 1. The second-order valence-corrected chi connectivity index (χ2v) is 16.1. The highest BCUT2D eigenvalue weighted by molar-refractivity contribution is 5.77. The normalized spacial score (nSPS) is 13.8. The van der Waals surface area contributed by atoms with E-state index in [2.05, 4.69) is 86.8 Å². The summed E-state index contributed by atoms with van der Waals surface area (Å²) in [5.74, 6) is -0.531. The van der Waals surface area contributed by atoms with E-state index in [9.17, 15) is 19.8 Å². The Labute approximate surface area is 352 Å². The lowest BCUT2D eigenvalue weighted by Crippen LogP contribution is -2.46. The van der Waals surface area contributed by atoms with E-state index in [1.165, 1.54) is 77.0 Å². The van der Waals surface area contributed by atoms with Crippen LogP contribution in [0.2, 0.25) is 0 Å². The van der Waals surface area contributed by atoms with Gasteiger partial charge in [-0.1, -0.05) is 191 Å². The highest BCUT2D eigenvalue weighted by Gasteiger charge is 2.24. The van der Waals surface area contributed by atoms with Gasteiger partial charge in [0, 0.05) is 6.42 Å². The molecule has 0 spiro atoms. The van der Waals surface area contributed by atoms with E-state index < -0.39 is 18.2 Å². The van der Waals surface area contributed by atoms with Gasteiger partial charge < -0.3 is 20.3 Å². The molecule has 0 aromatic carbocycles. The largest absolute Gasteiger partial charge is 0.462 e. The van der Waals surface area contributed by atoms with Gasteiger partial charge >= 0.3 is 5.97 Å². The molecule has 0 fully saturated rings. The van der Waals surface area contributed by atoms with Crippen molar-refractivity contribution >= 4 is 11.9 Å². The quantitative estimate of drug-likeness (QED) is 0.0325. The van der Waals surface area contributed by atoms with Crippen molar-refractivity contribution < 1.29 is 24.5 Å². The summed E-state index contributed by atoms with van der Waals surface area (Å²) in [7, 11) is 0. The maximum absolute atomic E-state index is 13.1. The summed E-state index contributed by atoms with van der Waals surface area (Å²) in [6, 6.07) is -0.712. The number of rotatable bonds is 42. The number of aliphatic hydroxyl groups is 2. The Hall–Kier alpha value is -2.44. The molecule has 0 radical (unpaired) electrons. The van der Waals surface area contributed by atoms with Crippen LogP contribution in [-0.4, -0.2) is 46.9 Å². The van der Waals surface area contributed by atoms with Crippen LogP contribution in [0, 0.1) is 0 Å². The standard InChI is InChI=1S/C51H91NO5/c1-4-7-10-13-16-19-21-23-24-25-27-29-32-35-38-41-44-51(56)57-47(42-39-36-33-30-18-15-12-9-6-3)45-50(55)52-48(46-53)49(54)43-40-37-34-31-28-26-22-20-17-14-11-8-5-2/h7,10,15-16,18-19,23-24,27,29,47-49,53-54H,4-6,8-9,11-14,17,20-22,25-26,28,30-46H2,1-3H3,(H,52,55)/b10-7+,18-15-,19-16+,24-23+,29-27+. The first-order valence-corrected chi connectivity index (χ1v) is 24.0. The predicted molar refractivity (Wildman–Crippen MR) is 245 cm³/mol. The first-order valence-electron chi connectivity index (χ1n) is 24.0. The third-order valence-electron chi connectivity index (χ3n) is 10.6. The van der Waals surface area contributed by atoms with Crippen LogP contribution in [0.3, 0.4) is 0 Å². The van der Waals surface area contributed by atoms with Gasteiger partial charge in [0.05, 0.1) is 25.2 Å². The van der Waals surface area contributed by atoms with Crippen LogP contribution < -0.4 is 5.32 Å². The molecule has 0 saturated carbocycles. The lowest BCUT2D eigenvalue weighted by atomic mass is 10.0. The van der Waals surface area contributed by atoms with Gasteiger partial charge in [0.1, 0.15) is 6.10 Å². The van der Waals surface area contributed by atoms with Gasteiger partial charge in [-0.15, -0.1) is 0 Å².